The largest absolute Gasteiger partial charge is 0.481 e. The van der Waals surface area contributed by atoms with Gasteiger partial charge >= 0.3 is 0 Å². The van der Waals surface area contributed by atoms with Crippen molar-refractivity contribution in [3.63, 3.8) is 0 Å². The van der Waals surface area contributed by atoms with Crippen LogP contribution >= 0.6 is 27.3 Å². The van der Waals surface area contributed by atoms with Gasteiger partial charge in [-0.15, -0.1) is 17.8 Å². The molecule has 2 nitrogen and oxygen atoms in total. The van der Waals surface area contributed by atoms with Crippen molar-refractivity contribution in [2.24, 2.45) is 0 Å². The maximum Gasteiger partial charge on any atom is 0.148 e. The van der Waals surface area contributed by atoms with E-state index in [1.807, 2.05) is 12.1 Å². The maximum atomic E-state index is 5.57. The van der Waals surface area contributed by atoms with Crippen molar-refractivity contribution in [1.82, 2.24) is 5.32 Å². The van der Waals surface area contributed by atoms with Gasteiger partial charge in [0.05, 0.1) is 0 Å². The van der Waals surface area contributed by atoms with E-state index in [4.69, 9.17) is 11.2 Å². The molecule has 0 aliphatic rings. The minimum Gasteiger partial charge on any atom is -0.481 e. The Bertz CT molecular complexity index is 589. The lowest BCUT2D eigenvalue weighted by Gasteiger charge is -2.15. The van der Waals surface area contributed by atoms with Gasteiger partial charge in [0.1, 0.15) is 12.4 Å². The molecule has 1 N–H and O–H groups in total. The van der Waals surface area contributed by atoms with E-state index in [-0.39, 0.29) is 6.61 Å². The second kappa shape index (κ2) is 7.49. The second-order valence-corrected chi connectivity index (χ2v) is 6.26. The summed E-state index contributed by atoms with van der Waals surface area (Å²) >= 11 is 5.25. The number of hydrogen-bond acceptors (Lipinski definition) is 3. The second-order valence-electron chi connectivity index (χ2n) is 4.36. The summed E-state index contributed by atoms with van der Waals surface area (Å²) in [7, 11) is 0. The van der Waals surface area contributed by atoms with Gasteiger partial charge in [-0.3, -0.25) is 0 Å². The number of rotatable bonds is 6. The molecule has 0 aliphatic carbocycles. The van der Waals surface area contributed by atoms with Gasteiger partial charge in [0, 0.05) is 27.5 Å². The molecule has 0 saturated carbocycles. The molecule has 0 saturated heterocycles. The van der Waals surface area contributed by atoms with Crippen LogP contribution in [0.5, 0.6) is 5.75 Å². The molecule has 0 unspecified atom stereocenters. The maximum absolute atomic E-state index is 5.57. The first-order valence-corrected chi connectivity index (χ1v) is 7.99. The summed E-state index contributed by atoms with van der Waals surface area (Å²) in [4.78, 5) is 1.33. The van der Waals surface area contributed by atoms with Crippen LogP contribution in [0.4, 0.5) is 0 Å². The van der Waals surface area contributed by atoms with E-state index in [0.29, 0.717) is 6.04 Å². The fourth-order valence-corrected chi connectivity index (χ4v) is 3.02. The van der Waals surface area contributed by atoms with E-state index in [9.17, 15) is 0 Å². The summed E-state index contributed by atoms with van der Waals surface area (Å²) in [6.07, 6.45) is 5.24. The SMILES string of the molecule is C#CCOc1ccc(Br)cc1CN[C@@H](C)c1cccs1. The van der Waals surface area contributed by atoms with Crippen LogP contribution in [0, 0.1) is 12.3 Å². The Morgan fingerprint density at radius 1 is 1.45 bits per heavy atom. The minimum atomic E-state index is 0.287. The van der Waals surface area contributed by atoms with Crippen molar-refractivity contribution in [3.8, 4) is 18.1 Å². The smallest absolute Gasteiger partial charge is 0.148 e. The zero-order chi connectivity index (χ0) is 14.4. The number of terminal acetylenes is 1. The molecule has 104 valence electrons. The van der Waals surface area contributed by atoms with E-state index >= 15 is 0 Å². The predicted molar refractivity (Wildman–Crippen MR) is 88.0 cm³/mol. The number of halogens is 1. The third-order valence-corrected chi connectivity index (χ3v) is 4.45. The molecular formula is C16H16BrNOS. The number of nitrogens with one attached hydrogen (secondary N) is 1. The van der Waals surface area contributed by atoms with Crippen LogP contribution in [0.2, 0.25) is 0 Å². The van der Waals surface area contributed by atoms with Crippen molar-refractivity contribution in [2.75, 3.05) is 6.61 Å². The molecule has 1 aromatic carbocycles. The quantitative estimate of drug-likeness (QED) is 0.781. The van der Waals surface area contributed by atoms with E-state index in [0.717, 1.165) is 22.3 Å². The van der Waals surface area contributed by atoms with Crippen LogP contribution in [-0.2, 0) is 6.54 Å². The lowest BCUT2D eigenvalue weighted by Crippen LogP contribution is -2.17. The first kappa shape index (κ1) is 15.1. The van der Waals surface area contributed by atoms with Crippen molar-refractivity contribution >= 4 is 27.3 Å². The standard InChI is InChI=1S/C16H16BrNOS/c1-3-8-19-15-7-6-14(17)10-13(15)11-18-12(2)16-5-4-9-20-16/h1,4-7,9-10,12,18H,8,11H2,2H3/t12-/m0/s1. The highest BCUT2D eigenvalue weighted by atomic mass is 79.9. The molecule has 4 heteroatoms. The summed E-state index contributed by atoms with van der Waals surface area (Å²) in [6.45, 7) is 3.18. The Hall–Kier alpha value is -1.28. The van der Waals surface area contributed by atoms with Gasteiger partial charge in [-0.05, 0) is 36.6 Å². The molecule has 0 aliphatic heterocycles. The highest BCUT2D eigenvalue weighted by Crippen LogP contribution is 2.25. The average Bonchev–Trinajstić information content (AvgIpc) is 2.98. The third-order valence-electron chi connectivity index (χ3n) is 2.90. The fourth-order valence-electron chi connectivity index (χ4n) is 1.85. The van der Waals surface area contributed by atoms with E-state index in [1.54, 1.807) is 11.3 Å². The van der Waals surface area contributed by atoms with E-state index < -0.39 is 0 Å². The molecule has 0 radical (unpaired) electrons. The number of thiophene rings is 1. The molecule has 1 aromatic heterocycles. The van der Waals surface area contributed by atoms with Crippen molar-refractivity contribution in [2.45, 2.75) is 19.5 Å². The third kappa shape index (κ3) is 4.11. The normalized spacial score (nSPS) is 11.8. The van der Waals surface area contributed by atoms with Crippen molar-refractivity contribution in [3.05, 3.63) is 50.6 Å². The minimum absolute atomic E-state index is 0.287. The van der Waals surface area contributed by atoms with Gasteiger partial charge in [0.25, 0.3) is 0 Å². The van der Waals surface area contributed by atoms with Crippen molar-refractivity contribution < 1.29 is 4.74 Å². The molecule has 2 aromatic rings. The molecule has 2 rings (SSSR count). The van der Waals surface area contributed by atoms with Crippen LogP contribution in [0.15, 0.2) is 40.2 Å². The highest BCUT2D eigenvalue weighted by Gasteiger charge is 2.09. The first-order valence-electron chi connectivity index (χ1n) is 6.32. The van der Waals surface area contributed by atoms with Crippen molar-refractivity contribution in [1.29, 1.82) is 0 Å². The molecule has 0 fully saturated rings. The van der Waals surface area contributed by atoms with Gasteiger partial charge in [-0.1, -0.05) is 27.9 Å². The molecule has 1 atom stereocenters. The Balaban J connectivity index is 2.04. The summed E-state index contributed by atoms with van der Waals surface area (Å²) in [6, 6.07) is 10.5. The Morgan fingerprint density at radius 2 is 2.30 bits per heavy atom. The molecular weight excluding hydrogens is 334 g/mol. The molecule has 1 heterocycles. The molecule has 0 amide bonds. The van der Waals surface area contributed by atoms with Crippen LogP contribution in [0.3, 0.4) is 0 Å². The zero-order valence-electron chi connectivity index (χ0n) is 11.2. The summed E-state index contributed by atoms with van der Waals surface area (Å²) in [5.74, 6) is 3.32. The van der Waals surface area contributed by atoms with Crippen LogP contribution < -0.4 is 10.1 Å². The number of ether oxygens (including phenoxy) is 1. The average molecular weight is 350 g/mol. The van der Waals surface area contributed by atoms with Gasteiger partial charge in [-0.2, -0.15) is 0 Å². The summed E-state index contributed by atoms with van der Waals surface area (Å²) < 4.78 is 6.60. The molecule has 20 heavy (non-hydrogen) atoms. The number of hydrogen-bond donors (Lipinski definition) is 1. The monoisotopic (exact) mass is 349 g/mol. The topological polar surface area (TPSA) is 21.3 Å². The predicted octanol–water partition coefficient (Wildman–Crippen LogP) is 4.37. The van der Waals surface area contributed by atoms with Gasteiger partial charge in [0.2, 0.25) is 0 Å². The molecule has 0 bridgehead atoms. The van der Waals surface area contributed by atoms with E-state index in [2.05, 4.69) is 57.7 Å². The van der Waals surface area contributed by atoms with Crippen LogP contribution in [0.25, 0.3) is 0 Å². The first-order chi connectivity index (χ1) is 9.70. The Kier molecular flexibility index (Phi) is 5.66. The van der Waals surface area contributed by atoms with Gasteiger partial charge < -0.3 is 10.1 Å². The van der Waals surface area contributed by atoms with E-state index in [1.165, 1.54) is 4.88 Å². The highest BCUT2D eigenvalue weighted by molar-refractivity contribution is 9.10. The van der Waals surface area contributed by atoms with Gasteiger partial charge in [0.15, 0.2) is 0 Å². The summed E-state index contributed by atoms with van der Waals surface area (Å²) in [5.41, 5.74) is 1.10. The number of benzene rings is 1. The van der Waals surface area contributed by atoms with Gasteiger partial charge in [-0.25, -0.2) is 0 Å². The lowest BCUT2D eigenvalue weighted by atomic mass is 10.2. The molecule has 0 spiro atoms. The Morgan fingerprint density at radius 3 is 3.00 bits per heavy atom. The zero-order valence-corrected chi connectivity index (χ0v) is 13.6. The van der Waals surface area contributed by atoms with Crippen LogP contribution in [-0.4, -0.2) is 6.61 Å². The fraction of sp³-hybridized carbons (Fsp3) is 0.250. The Labute approximate surface area is 132 Å². The summed E-state index contributed by atoms with van der Waals surface area (Å²) in [5, 5.41) is 5.59. The lowest BCUT2D eigenvalue weighted by molar-refractivity contribution is 0.364. The van der Waals surface area contributed by atoms with Crippen LogP contribution in [0.1, 0.15) is 23.4 Å².